The summed E-state index contributed by atoms with van der Waals surface area (Å²) >= 11 is 0. The summed E-state index contributed by atoms with van der Waals surface area (Å²) in [5, 5.41) is 10.6. The Balaban J connectivity index is 2.20. The van der Waals surface area contributed by atoms with Gasteiger partial charge in [-0.1, -0.05) is 0 Å². The van der Waals surface area contributed by atoms with Crippen molar-refractivity contribution in [2.75, 3.05) is 24.1 Å². The number of hydrogen-bond acceptors (Lipinski definition) is 8. The number of rotatable bonds is 6. The SMILES string of the molecule is CCN(CC)C(=O)Oc1ncccc1/N=N/c1ccc(NC(C)=O)nc1N. The number of nitrogen functional groups attached to an aromatic ring is 1. The Morgan fingerprint density at radius 2 is 1.89 bits per heavy atom. The van der Waals surface area contributed by atoms with E-state index in [-0.39, 0.29) is 23.3 Å². The second-order valence-electron chi connectivity index (χ2n) is 5.35. The van der Waals surface area contributed by atoms with Crippen LogP contribution in [-0.4, -0.2) is 40.0 Å². The zero-order valence-corrected chi connectivity index (χ0v) is 15.3. The van der Waals surface area contributed by atoms with Crippen LogP contribution in [0.1, 0.15) is 20.8 Å². The molecule has 0 aliphatic rings. The van der Waals surface area contributed by atoms with E-state index < -0.39 is 6.09 Å². The molecule has 27 heavy (non-hydrogen) atoms. The summed E-state index contributed by atoms with van der Waals surface area (Å²) in [4.78, 5) is 32.7. The molecule has 0 saturated carbocycles. The average Bonchev–Trinajstić information content (AvgIpc) is 2.62. The first kappa shape index (κ1) is 19.8. The summed E-state index contributed by atoms with van der Waals surface area (Å²) in [6.45, 7) is 6.10. The zero-order valence-electron chi connectivity index (χ0n) is 15.3. The van der Waals surface area contributed by atoms with E-state index in [0.717, 1.165) is 0 Å². The fraction of sp³-hybridized carbons (Fsp3) is 0.294. The maximum atomic E-state index is 12.1. The minimum atomic E-state index is -0.518. The molecule has 2 heterocycles. The second-order valence-corrected chi connectivity index (χ2v) is 5.35. The maximum Gasteiger partial charge on any atom is 0.416 e. The topological polar surface area (TPSA) is 135 Å². The standard InChI is InChI=1S/C17H21N7O3/c1-4-24(5-2)17(26)27-16-13(7-6-10-19-16)23-22-12-8-9-14(20-11(3)25)21-15(12)18/h6-10H,4-5H2,1-3H3,(H3,18,20,21,25)/b23-22+. The quantitative estimate of drug-likeness (QED) is 0.748. The Morgan fingerprint density at radius 3 is 2.52 bits per heavy atom. The van der Waals surface area contributed by atoms with Gasteiger partial charge in [-0.3, -0.25) is 4.79 Å². The Bertz CT molecular complexity index is 850. The number of anilines is 2. The fourth-order valence-electron chi connectivity index (χ4n) is 2.08. The second kappa shape index (κ2) is 9.22. The highest BCUT2D eigenvalue weighted by molar-refractivity contribution is 5.88. The smallest absolute Gasteiger partial charge is 0.389 e. The number of nitrogens with two attached hydrogens (primary N) is 1. The molecule has 0 saturated heterocycles. The number of pyridine rings is 2. The molecule has 0 radical (unpaired) electrons. The number of hydrogen-bond donors (Lipinski definition) is 2. The summed E-state index contributed by atoms with van der Waals surface area (Å²) in [5.74, 6) is 0.190. The van der Waals surface area contributed by atoms with Crippen LogP contribution in [-0.2, 0) is 4.79 Å². The number of azo groups is 1. The number of ether oxygens (including phenoxy) is 1. The van der Waals surface area contributed by atoms with Gasteiger partial charge in [0.25, 0.3) is 5.88 Å². The van der Waals surface area contributed by atoms with Crippen LogP contribution in [0.25, 0.3) is 0 Å². The Hall–Kier alpha value is -3.56. The Labute approximate surface area is 156 Å². The van der Waals surface area contributed by atoms with Crippen molar-refractivity contribution < 1.29 is 14.3 Å². The van der Waals surface area contributed by atoms with Gasteiger partial charge in [-0.15, -0.1) is 10.2 Å². The average molecular weight is 371 g/mol. The molecule has 0 aliphatic carbocycles. The van der Waals surface area contributed by atoms with Crippen molar-refractivity contribution in [3.8, 4) is 5.88 Å². The fourth-order valence-corrected chi connectivity index (χ4v) is 2.08. The van der Waals surface area contributed by atoms with Crippen LogP contribution in [0.4, 0.5) is 27.8 Å². The number of carbonyl (C=O) groups excluding carboxylic acids is 2. The van der Waals surface area contributed by atoms with Gasteiger partial charge in [0, 0.05) is 26.2 Å². The van der Waals surface area contributed by atoms with Crippen LogP contribution in [0.5, 0.6) is 5.88 Å². The van der Waals surface area contributed by atoms with Crippen molar-refractivity contribution >= 4 is 35.0 Å². The van der Waals surface area contributed by atoms with Crippen molar-refractivity contribution in [2.24, 2.45) is 10.2 Å². The van der Waals surface area contributed by atoms with E-state index in [2.05, 4.69) is 25.5 Å². The number of amides is 2. The molecule has 10 nitrogen and oxygen atoms in total. The third-order valence-electron chi connectivity index (χ3n) is 3.43. The first-order valence-electron chi connectivity index (χ1n) is 8.32. The van der Waals surface area contributed by atoms with Gasteiger partial charge < -0.3 is 20.7 Å². The van der Waals surface area contributed by atoms with Gasteiger partial charge in [0.2, 0.25) is 5.91 Å². The molecule has 0 aromatic carbocycles. The molecule has 142 valence electrons. The minimum Gasteiger partial charge on any atom is -0.389 e. The van der Waals surface area contributed by atoms with Crippen LogP contribution >= 0.6 is 0 Å². The van der Waals surface area contributed by atoms with Gasteiger partial charge in [0.15, 0.2) is 5.82 Å². The van der Waals surface area contributed by atoms with Crippen LogP contribution in [0.3, 0.4) is 0 Å². The molecule has 3 N–H and O–H groups in total. The van der Waals surface area contributed by atoms with Crippen molar-refractivity contribution in [1.82, 2.24) is 14.9 Å². The predicted molar refractivity (Wildman–Crippen MR) is 100 cm³/mol. The largest absolute Gasteiger partial charge is 0.416 e. The van der Waals surface area contributed by atoms with E-state index in [1.807, 2.05) is 13.8 Å². The summed E-state index contributed by atoms with van der Waals surface area (Å²) < 4.78 is 5.30. The molecular weight excluding hydrogens is 350 g/mol. The lowest BCUT2D eigenvalue weighted by molar-refractivity contribution is -0.114. The molecule has 0 fully saturated rings. The first-order valence-corrected chi connectivity index (χ1v) is 8.32. The van der Waals surface area contributed by atoms with Crippen molar-refractivity contribution in [3.05, 3.63) is 30.5 Å². The lowest BCUT2D eigenvalue weighted by Gasteiger charge is -2.17. The van der Waals surface area contributed by atoms with E-state index in [1.54, 1.807) is 24.3 Å². The summed E-state index contributed by atoms with van der Waals surface area (Å²) in [6, 6.07) is 6.37. The molecule has 2 amide bonds. The zero-order chi connectivity index (χ0) is 19.8. The van der Waals surface area contributed by atoms with E-state index in [4.69, 9.17) is 10.5 Å². The van der Waals surface area contributed by atoms with Gasteiger partial charge in [-0.05, 0) is 38.1 Å². The summed E-state index contributed by atoms with van der Waals surface area (Å²) in [6.07, 6.45) is 0.970. The van der Waals surface area contributed by atoms with Crippen molar-refractivity contribution in [3.63, 3.8) is 0 Å². The van der Waals surface area contributed by atoms with Crippen LogP contribution in [0, 0.1) is 0 Å². The first-order chi connectivity index (χ1) is 12.9. The molecule has 0 aliphatic heterocycles. The van der Waals surface area contributed by atoms with E-state index in [1.165, 1.54) is 18.0 Å². The molecule has 10 heteroatoms. The molecule has 2 rings (SSSR count). The molecular formula is C17H21N7O3. The third-order valence-corrected chi connectivity index (χ3v) is 3.43. The highest BCUT2D eigenvalue weighted by Crippen LogP contribution is 2.29. The molecule has 2 aromatic heterocycles. The molecule has 2 aromatic rings. The molecule has 0 spiro atoms. The van der Waals surface area contributed by atoms with Crippen LogP contribution < -0.4 is 15.8 Å². The van der Waals surface area contributed by atoms with Gasteiger partial charge >= 0.3 is 6.09 Å². The van der Waals surface area contributed by atoms with Crippen LogP contribution in [0.15, 0.2) is 40.7 Å². The normalized spacial score (nSPS) is 10.6. The highest BCUT2D eigenvalue weighted by Gasteiger charge is 2.15. The van der Waals surface area contributed by atoms with Gasteiger partial charge in [-0.25, -0.2) is 14.8 Å². The molecule has 0 unspecified atom stereocenters. The van der Waals surface area contributed by atoms with E-state index >= 15 is 0 Å². The monoisotopic (exact) mass is 371 g/mol. The van der Waals surface area contributed by atoms with Crippen molar-refractivity contribution in [1.29, 1.82) is 0 Å². The maximum absolute atomic E-state index is 12.1. The number of nitrogens with one attached hydrogen (secondary N) is 1. The highest BCUT2D eigenvalue weighted by atomic mass is 16.6. The number of nitrogens with zero attached hydrogens (tertiary/aromatic N) is 5. The minimum absolute atomic E-state index is 0.0412. The lowest BCUT2D eigenvalue weighted by atomic mass is 10.4. The van der Waals surface area contributed by atoms with Gasteiger partial charge in [0.05, 0.1) is 0 Å². The van der Waals surface area contributed by atoms with Crippen molar-refractivity contribution in [2.45, 2.75) is 20.8 Å². The van der Waals surface area contributed by atoms with Gasteiger partial charge in [0.1, 0.15) is 17.2 Å². The number of aromatic nitrogens is 2. The summed E-state index contributed by atoms with van der Waals surface area (Å²) in [7, 11) is 0. The van der Waals surface area contributed by atoms with Gasteiger partial charge in [-0.2, -0.15) is 0 Å². The Morgan fingerprint density at radius 1 is 1.19 bits per heavy atom. The van der Waals surface area contributed by atoms with E-state index in [0.29, 0.717) is 24.6 Å². The number of carbonyl (C=O) groups is 2. The predicted octanol–water partition coefficient (Wildman–Crippen LogP) is 3.27. The van der Waals surface area contributed by atoms with E-state index in [9.17, 15) is 9.59 Å². The molecule has 0 bridgehead atoms. The Kier molecular flexibility index (Phi) is 6.75. The third kappa shape index (κ3) is 5.46. The summed E-state index contributed by atoms with van der Waals surface area (Å²) in [5.41, 5.74) is 6.40. The lowest BCUT2D eigenvalue weighted by Crippen LogP contribution is -2.33. The van der Waals surface area contributed by atoms with Crippen LogP contribution in [0.2, 0.25) is 0 Å². The molecule has 0 atom stereocenters.